The van der Waals surface area contributed by atoms with Gasteiger partial charge < -0.3 is 29.6 Å². The maximum Gasteiger partial charge on any atom is 2.00 e. The first-order valence-corrected chi connectivity index (χ1v) is 2.55. The molecule has 0 aromatic rings. The molecular formula is C6H14Cl2MgO. The van der Waals surface area contributed by atoms with Crippen LogP contribution in [0.3, 0.4) is 0 Å². The van der Waals surface area contributed by atoms with Crippen LogP contribution in [0.2, 0.25) is 0 Å². The second kappa shape index (κ2) is 10.3. The van der Waals surface area contributed by atoms with Crippen molar-refractivity contribution >= 4 is 23.1 Å². The Kier molecular flexibility index (Phi) is 23.2. The van der Waals surface area contributed by atoms with Gasteiger partial charge in [0.2, 0.25) is 0 Å². The van der Waals surface area contributed by atoms with E-state index in [0.717, 1.165) is 6.61 Å². The van der Waals surface area contributed by atoms with E-state index in [2.05, 4.69) is 20.8 Å². The molecule has 0 amide bonds. The van der Waals surface area contributed by atoms with Gasteiger partial charge in [-0.05, 0) is 5.41 Å². The molecule has 4 heteroatoms. The Morgan fingerprint density at radius 1 is 1.10 bits per heavy atom. The molecule has 0 bridgehead atoms. The van der Waals surface area contributed by atoms with Gasteiger partial charge in [0.25, 0.3) is 0 Å². The zero-order valence-corrected chi connectivity index (χ0v) is 10.0. The van der Waals surface area contributed by atoms with E-state index >= 15 is 0 Å². The van der Waals surface area contributed by atoms with Gasteiger partial charge in [-0.15, -0.1) is 0 Å². The van der Waals surface area contributed by atoms with Crippen molar-refractivity contribution in [2.24, 2.45) is 5.41 Å². The van der Waals surface area contributed by atoms with E-state index < -0.39 is 0 Å². The van der Waals surface area contributed by atoms with Gasteiger partial charge in [0.05, 0.1) is 6.61 Å². The Bertz CT molecular complexity index is 54.2. The fourth-order valence-electron chi connectivity index (χ4n) is 0.433. The van der Waals surface area contributed by atoms with Crippen LogP contribution in [0.5, 0.6) is 0 Å². The number of hydrogen-bond acceptors (Lipinski definition) is 1. The first kappa shape index (κ1) is 22.5. The van der Waals surface area contributed by atoms with Crippen molar-refractivity contribution in [1.82, 2.24) is 0 Å². The molecule has 0 aromatic heterocycles. The molecule has 0 aliphatic rings. The van der Waals surface area contributed by atoms with Crippen LogP contribution in [0.15, 0.2) is 0 Å². The molecule has 0 spiro atoms. The van der Waals surface area contributed by atoms with Crippen molar-refractivity contribution < 1.29 is 29.6 Å². The number of ether oxygens (including phenoxy) is 1. The van der Waals surface area contributed by atoms with Gasteiger partial charge >= 0.3 is 23.1 Å². The number of rotatable bonds is 1. The Balaban J connectivity index is -0.0000000600. The average Bonchev–Trinajstić information content (AvgIpc) is 1.30. The minimum Gasteiger partial charge on any atom is -1.00 e. The molecule has 0 atom stereocenters. The SMILES string of the molecule is COCC(C)(C)C.[Cl-].[Cl-].[Mg+2]. The van der Waals surface area contributed by atoms with E-state index in [0.29, 0.717) is 5.41 Å². The topological polar surface area (TPSA) is 9.23 Å². The Morgan fingerprint density at radius 3 is 1.40 bits per heavy atom. The largest absolute Gasteiger partial charge is 2.00 e. The van der Waals surface area contributed by atoms with Crippen molar-refractivity contribution in [3.63, 3.8) is 0 Å². The Labute approximate surface area is 92.3 Å². The van der Waals surface area contributed by atoms with Crippen molar-refractivity contribution in [1.29, 1.82) is 0 Å². The first-order valence-electron chi connectivity index (χ1n) is 2.55. The Morgan fingerprint density at radius 2 is 1.40 bits per heavy atom. The van der Waals surface area contributed by atoms with Gasteiger partial charge in [-0.3, -0.25) is 0 Å². The molecule has 0 aromatic carbocycles. The molecule has 0 fully saturated rings. The molecule has 0 saturated carbocycles. The zero-order valence-electron chi connectivity index (χ0n) is 7.08. The predicted molar refractivity (Wildman–Crippen MR) is 37.1 cm³/mol. The predicted octanol–water partition coefficient (Wildman–Crippen LogP) is -4.69. The summed E-state index contributed by atoms with van der Waals surface area (Å²) in [6, 6.07) is 0. The van der Waals surface area contributed by atoms with Gasteiger partial charge in [-0.2, -0.15) is 0 Å². The van der Waals surface area contributed by atoms with E-state index in [9.17, 15) is 0 Å². The standard InChI is InChI=1S/C6H14O.2ClH.Mg/c1-6(2,3)5-7-4;;;/h5H2,1-4H3;2*1H;/q;;;+2/p-2. The molecular weight excluding hydrogens is 183 g/mol. The van der Waals surface area contributed by atoms with Gasteiger partial charge in [-0.25, -0.2) is 0 Å². The monoisotopic (exact) mass is 196 g/mol. The van der Waals surface area contributed by atoms with Crippen LogP contribution in [0.25, 0.3) is 0 Å². The van der Waals surface area contributed by atoms with E-state index in [1.165, 1.54) is 0 Å². The third-order valence-corrected chi connectivity index (χ3v) is 0.577. The summed E-state index contributed by atoms with van der Waals surface area (Å²) in [5, 5.41) is 0. The second-order valence-electron chi connectivity index (χ2n) is 2.99. The van der Waals surface area contributed by atoms with Crippen LogP contribution in [0, 0.1) is 5.41 Å². The average molecular weight is 197 g/mol. The number of halogens is 2. The Hall–Kier alpha value is 1.31. The molecule has 1 nitrogen and oxygen atoms in total. The summed E-state index contributed by atoms with van der Waals surface area (Å²) in [6.45, 7) is 7.29. The van der Waals surface area contributed by atoms with Crippen LogP contribution >= 0.6 is 0 Å². The van der Waals surface area contributed by atoms with Crippen molar-refractivity contribution in [2.75, 3.05) is 13.7 Å². The van der Waals surface area contributed by atoms with Crippen LogP contribution in [-0.4, -0.2) is 36.8 Å². The summed E-state index contributed by atoms with van der Waals surface area (Å²) in [5.74, 6) is 0. The summed E-state index contributed by atoms with van der Waals surface area (Å²) < 4.78 is 4.91. The molecule has 0 heterocycles. The third kappa shape index (κ3) is 22.8. The molecule has 0 unspecified atom stereocenters. The quantitative estimate of drug-likeness (QED) is 0.384. The molecule has 0 N–H and O–H groups in total. The van der Waals surface area contributed by atoms with E-state index in [1.54, 1.807) is 7.11 Å². The second-order valence-corrected chi connectivity index (χ2v) is 2.99. The van der Waals surface area contributed by atoms with Crippen LogP contribution in [0.1, 0.15) is 20.8 Å². The normalized spacial score (nSPS) is 8.40. The van der Waals surface area contributed by atoms with Crippen LogP contribution in [0.4, 0.5) is 0 Å². The number of hydrogen-bond donors (Lipinski definition) is 0. The summed E-state index contributed by atoms with van der Waals surface area (Å²) in [4.78, 5) is 0. The molecule has 0 rings (SSSR count). The van der Waals surface area contributed by atoms with Gasteiger partial charge in [0.1, 0.15) is 0 Å². The minimum absolute atomic E-state index is 0. The summed E-state index contributed by atoms with van der Waals surface area (Å²) in [6.07, 6.45) is 0. The van der Waals surface area contributed by atoms with E-state index in [1.807, 2.05) is 0 Å². The molecule has 0 aliphatic heterocycles. The molecule has 10 heavy (non-hydrogen) atoms. The molecule has 0 aliphatic carbocycles. The fraction of sp³-hybridized carbons (Fsp3) is 1.00. The van der Waals surface area contributed by atoms with Gasteiger partial charge in [-0.1, -0.05) is 20.8 Å². The number of methoxy groups -OCH3 is 1. The van der Waals surface area contributed by atoms with E-state index in [4.69, 9.17) is 4.74 Å². The van der Waals surface area contributed by atoms with Crippen molar-refractivity contribution in [3.8, 4) is 0 Å². The minimum atomic E-state index is 0. The van der Waals surface area contributed by atoms with Crippen LogP contribution < -0.4 is 24.8 Å². The zero-order chi connectivity index (χ0) is 5.91. The third-order valence-electron chi connectivity index (χ3n) is 0.577. The van der Waals surface area contributed by atoms with Crippen LogP contribution in [-0.2, 0) is 4.74 Å². The molecule has 60 valence electrons. The van der Waals surface area contributed by atoms with E-state index in [-0.39, 0.29) is 47.9 Å². The van der Waals surface area contributed by atoms with Crippen molar-refractivity contribution in [3.05, 3.63) is 0 Å². The summed E-state index contributed by atoms with van der Waals surface area (Å²) in [7, 11) is 1.73. The smallest absolute Gasteiger partial charge is 1.00 e. The summed E-state index contributed by atoms with van der Waals surface area (Å²) in [5.41, 5.74) is 0.328. The molecule has 0 radical (unpaired) electrons. The maximum absolute atomic E-state index is 4.91. The molecule has 0 saturated heterocycles. The van der Waals surface area contributed by atoms with Gasteiger partial charge in [0, 0.05) is 7.11 Å². The maximum atomic E-state index is 4.91. The van der Waals surface area contributed by atoms with Crippen molar-refractivity contribution in [2.45, 2.75) is 20.8 Å². The fourth-order valence-corrected chi connectivity index (χ4v) is 0.433. The summed E-state index contributed by atoms with van der Waals surface area (Å²) >= 11 is 0. The first-order chi connectivity index (χ1) is 3.06. The van der Waals surface area contributed by atoms with Gasteiger partial charge in [0.15, 0.2) is 0 Å².